The van der Waals surface area contributed by atoms with Crippen LogP contribution in [0.2, 0.25) is 0 Å². The van der Waals surface area contributed by atoms with Gasteiger partial charge in [-0.3, -0.25) is 0 Å². The van der Waals surface area contributed by atoms with Crippen LogP contribution in [0.25, 0.3) is 22.3 Å². The van der Waals surface area contributed by atoms with E-state index < -0.39 is 63.7 Å². The lowest BCUT2D eigenvalue weighted by Crippen LogP contribution is -2.25. The molecule has 4 aromatic carbocycles. The Morgan fingerprint density at radius 2 is 1.18 bits per heavy atom. The van der Waals surface area contributed by atoms with Crippen molar-refractivity contribution >= 4 is 0 Å². The van der Waals surface area contributed by atoms with Crippen molar-refractivity contribution in [3.8, 4) is 28.0 Å². The number of hydrogen-bond donors (Lipinski definition) is 0. The summed E-state index contributed by atoms with van der Waals surface area (Å²) in [6, 6.07) is 9.32. The van der Waals surface area contributed by atoms with E-state index in [4.69, 9.17) is 0 Å². The molecule has 0 radical (unpaired) electrons. The summed E-state index contributed by atoms with van der Waals surface area (Å²) in [5.41, 5.74) is -1.55. The van der Waals surface area contributed by atoms with Crippen molar-refractivity contribution in [3.05, 3.63) is 113 Å². The maximum absolute atomic E-state index is 15.2. The van der Waals surface area contributed by atoms with Crippen molar-refractivity contribution < 1.29 is 44.3 Å². The van der Waals surface area contributed by atoms with Crippen LogP contribution in [0.3, 0.4) is 0 Å². The highest BCUT2D eigenvalue weighted by Gasteiger charge is 2.41. The maximum atomic E-state index is 15.2. The molecule has 1 saturated carbocycles. The molecule has 10 heteroatoms. The zero-order valence-corrected chi connectivity index (χ0v) is 23.5. The quantitative estimate of drug-likeness (QED) is 0.140. The summed E-state index contributed by atoms with van der Waals surface area (Å²) in [6.45, 7) is 2.16. The van der Waals surface area contributed by atoms with E-state index >= 15 is 8.78 Å². The molecule has 44 heavy (non-hydrogen) atoms. The Hall–Kier alpha value is -3.95. The first-order valence-corrected chi connectivity index (χ1v) is 14.2. The fourth-order valence-corrected chi connectivity index (χ4v) is 5.93. The molecule has 0 saturated heterocycles. The molecule has 0 bridgehead atoms. The third kappa shape index (κ3) is 6.44. The lowest BCUT2D eigenvalue weighted by Gasteiger charge is -2.28. The van der Waals surface area contributed by atoms with Crippen LogP contribution in [0.1, 0.15) is 62.5 Å². The van der Waals surface area contributed by atoms with Crippen LogP contribution in [0.15, 0.2) is 60.7 Å². The van der Waals surface area contributed by atoms with Crippen LogP contribution in [-0.2, 0) is 6.11 Å². The highest BCUT2D eigenvalue weighted by Crippen LogP contribution is 2.40. The fourth-order valence-electron chi connectivity index (χ4n) is 5.93. The molecule has 1 nitrogen and oxygen atoms in total. The zero-order chi connectivity index (χ0) is 31.8. The lowest BCUT2D eigenvalue weighted by atomic mass is 9.77. The normalized spacial score (nSPS) is 17.1. The van der Waals surface area contributed by atoms with Gasteiger partial charge in [-0.05, 0) is 78.5 Å². The molecule has 0 unspecified atom stereocenters. The predicted molar refractivity (Wildman–Crippen MR) is 148 cm³/mol. The zero-order valence-electron chi connectivity index (χ0n) is 23.5. The second kappa shape index (κ2) is 12.6. The Morgan fingerprint density at radius 1 is 0.636 bits per heavy atom. The minimum Gasteiger partial charge on any atom is -0.429 e. The van der Waals surface area contributed by atoms with Crippen LogP contribution in [-0.4, -0.2) is 0 Å². The standard InChI is InChI=1S/C34H27F9O/c1-2-3-18-4-6-19(7-5-18)20-8-10-24(26(35)12-20)21-9-11-25(27(36)13-21)22-14-28(37)32(29(38)15-22)34(42,43)44-23-16-30(39)33(41)31(40)17-23/h8-19H,2-7H2,1H3. The minimum absolute atomic E-state index is 0.0857. The second-order valence-corrected chi connectivity index (χ2v) is 11.1. The Kier molecular flexibility index (Phi) is 9.00. The molecule has 0 N–H and O–H groups in total. The van der Waals surface area contributed by atoms with Gasteiger partial charge in [-0.25, -0.2) is 30.7 Å². The van der Waals surface area contributed by atoms with E-state index in [9.17, 15) is 30.7 Å². The maximum Gasteiger partial charge on any atom is 0.432 e. The molecule has 0 heterocycles. The van der Waals surface area contributed by atoms with Gasteiger partial charge >= 0.3 is 6.11 Å². The molecule has 4 aromatic rings. The van der Waals surface area contributed by atoms with Gasteiger partial charge in [0.05, 0.1) is 0 Å². The van der Waals surface area contributed by atoms with E-state index in [1.807, 2.05) is 6.07 Å². The van der Waals surface area contributed by atoms with Crippen molar-refractivity contribution in [2.45, 2.75) is 57.5 Å². The van der Waals surface area contributed by atoms with Crippen LogP contribution >= 0.6 is 0 Å². The Balaban J connectivity index is 1.37. The Bertz CT molecular complexity index is 1630. The van der Waals surface area contributed by atoms with Crippen molar-refractivity contribution in [3.63, 3.8) is 0 Å². The summed E-state index contributed by atoms with van der Waals surface area (Å²) in [5, 5.41) is 0. The summed E-state index contributed by atoms with van der Waals surface area (Å²) in [5.74, 6) is -11.2. The highest BCUT2D eigenvalue weighted by molar-refractivity contribution is 5.72. The molecule has 1 aliphatic rings. The average molecular weight is 623 g/mol. The van der Waals surface area contributed by atoms with Crippen LogP contribution < -0.4 is 4.74 Å². The Morgan fingerprint density at radius 3 is 1.75 bits per heavy atom. The number of benzene rings is 4. The third-order valence-electron chi connectivity index (χ3n) is 8.14. The molecule has 0 amide bonds. The third-order valence-corrected chi connectivity index (χ3v) is 8.14. The number of halogens is 9. The van der Waals surface area contributed by atoms with Gasteiger partial charge in [0.1, 0.15) is 34.6 Å². The number of rotatable bonds is 8. The van der Waals surface area contributed by atoms with Gasteiger partial charge in [0, 0.05) is 23.3 Å². The fraction of sp³-hybridized carbons (Fsp3) is 0.294. The van der Waals surface area contributed by atoms with Crippen LogP contribution in [0.5, 0.6) is 5.75 Å². The minimum atomic E-state index is -4.79. The van der Waals surface area contributed by atoms with Gasteiger partial charge in [-0.15, -0.1) is 0 Å². The lowest BCUT2D eigenvalue weighted by molar-refractivity contribution is -0.189. The molecule has 1 aliphatic carbocycles. The highest BCUT2D eigenvalue weighted by atomic mass is 19.3. The monoisotopic (exact) mass is 622 g/mol. The van der Waals surface area contributed by atoms with Gasteiger partial charge in [0.25, 0.3) is 0 Å². The van der Waals surface area contributed by atoms with Crippen molar-refractivity contribution in [2.24, 2.45) is 5.92 Å². The molecular formula is C34H27F9O. The molecule has 0 aliphatic heterocycles. The van der Waals surface area contributed by atoms with Gasteiger partial charge < -0.3 is 4.74 Å². The van der Waals surface area contributed by atoms with Crippen LogP contribution in [0.4, 0.5) is 39.5 Å². The molecule has 5 rings (SSSR count). The van der Waals surface area contributed by atoms with Crippen molar-refractivity contribution in [2.75, 3.05) is 0 Å². The topological polar surface area (TPSA) is 9.23 Å². The van der Waals surface area contributed by atoms with E-state index in [0.29, 0.717) is 18.1 Å². The first-order chi connectivity index (χ1) is 20.9. The summed E-state index contributed by atoms with van der Waals surface area (Å²) in [7, 11) is 0. The van der Waals surface area contributed by atoms with E-state index in [0.717, 1.165) is 49.8 Å². The Labute approximate surface area is 248 Å². The van der Waals surface area contributed by atoms with Gasteiger partial charge in [-0.2, -0.15) is 8.78 Å². The van der Waals surface area contributed by atoms with Crippen molar-refractivity contribution in [1.82, 2.24) is 0 Å². The molecule has 0 spiro atoms. The number of alkyl halides is 2. The first kappa shape index (κ1) is 31.5. The van der Waals surface area contributed by atoms with Gasteiger partial charge in [-0.1, -0.05) is 44.0 Å². The smallest absolute Gasteiger partial charge is 0.429 e. The van der Waals surface area contributed by atoms with E-state index in [1.54, 1.807) is 6.07 Å². The van der Waals surface area contributed by atoms with E-state index in [1.165, 1.54) is 18.6 Å². The number of ether oxygens (including phenoxy) is 1. The van der Waals surface area contributed by atoms with Crippen LogP contribution in [0, 0.1) is 46.6 Å². The summed E-state index contributed by atoms with van der Waals surface area (Å²) >= 11 is 0. The molecular weight excluding hydrogens is 595 g/mol. The van der Waals surface area contributed by atoms with Crippen molar-refractivity contribution in [1.29, 1.82) is 0 Å². The summed E-state index contributed by atoms with van der Waals surface area (Å²) in [4.78, 5) is 0. The summed E-state index contributed by atoms with van der Waals surface area (Å²) in [6.07, 6.45) is 1.67. The SMILES string of the molecule is CCCC1CCC(c2ccc(-c3ccc(-c4cc(F)c(C(F)(F)Oc5cc(F)c(F)c(F)c5)c(F)c4)c(F)c3)c(F)c2)CC1. The van der Waals surface area contributed by atoms with Gasteiger partial charge in [0.15, 0.2) is 17.5 Å². The molecule has 232 valence electrons. The van der Waals surface area contributed by atoms with E-state index in [2.05, 4.69) is 11.7 Å². The van der Waals surface area contributed by atoms with E-state index in [-0.39, 0.29) is 34.7 Å². The molecule has 0 aromatic heterocycles. The van der Waals surface area contributed by atoms with Gasteiger partial charge in [0.2, 0.25) is 0 Å². The second-order valence-electron chi connectivity index (χ2n) is 11.1. The molecule has 0 atom stereocenters. The average Bonchev–Trinajstić information content (AvgIpc) is 2.95. The number of hydrogen-bond acceptors (Lipinski definition) is 1. The largest absolute Gasteiger partial charge is 0.432 e. The molecule has 1 fully saturated rings. The first-order valence-electron chi connectivity index (χ1n) is 14.2. The summed E-state index contributed by atoms with van der Waals surface area (Å²) < 4.78 is 133. The predicted octanol–water partition coefficient (Wildman–Crippen LogP) is 11.2.